The van der Waals surface area contributed by atoms with Gasteiger partial charge >= 0.3 is 0 Å². The van der Waals surface area contributed by atoms with Crippen molar-refractivity contribution in [2.75, 3.05) is 59.1 Å². The Morgan fingerprint density at radius 1 is 1.02 bits per heavy atom. The first kappa shape index (κ1) is 41.9. The standard InChI is InChI=1S/C42H51F3N6O6S/c43-30-10-11-32(44)31(19-30)34-25-49(23-27-7-3-1-4-8-27)40(47-34)39(28-12-16-56-17-13-28)51(24-29-21-46-22-33(29)45)41(54)35-26-48(15-18-57-35)37(52)9-5-2-6-14-50-38(53)20-36(58)42(50)55/h1,3-4,7-8,10-11,19,25,28-29,33,35-36,39,46,58H,2,5-6,9,12-18,20-24,26H2. The van der Waals surface area contributed by atoms with E-state index in [1.807, 2.05) is 34.9 Å². The highest BCUT2D eigenvalue weighted by Crippen LogP contribution is 2.39. The van der Waals surface area contributed by atoms with Crippen LogP contribution in [0.5, 0.6) is 0 Å². The van der Waals surface area contributed by atoms with Gasteiger partial charge in [-0.1, -0.05) is 36.8 Å². The molecule has 0 radical (unpaired) electrons. The van der Waals surface area contributed by atoms with Crippen molar-refractivity contribution in [3.05, 3.63) is 77.8 Å². The van der Waals surface area contributed by atoms with Crippen LogP contribution >= 0.6 is 12.6 Å². The zero-order valence-electron chi connectivity index (χ0n) is 32.4. The summed E-state index contributed by atoms with van der Waals surface area (Å²) >= 11 is 4.17. The van der Waals surface area contributed by atoms with Gasteiger partial charge in [-0.25, -0.2) is 18.2 Å². The number of aromatic nitrogens is 2. The lowest BCUT2D eigenvalue weighted by atomic mass is 9.88. The summed E-state index contributed by atoms with van der Waals surface area (Å²) in [6.45, 7) is 2.48. The second-order valence-corrected chi connectivity index (χ2v) is 16.3. The summed E-state index contributed by atoms with van der Waals surface area (Å²) in [6.07, 6.45) is 2.64. The maximum atomic E-state index is 15.5. The molecule has 12 nitrogen and oxygen atoms in total. The van der Waals surface area contributed by atoms with E-state index in [0.717, 1.165) is 23.8 Å². The Morgan fingerprint density at radius 3 is 2.53 bits per heavy atom. The van der Waals surface area contributed by atoms with E-state index < -0.39 is 47.0 Å². The molecule has 58 heavy (non-hydrogen) atoms. The lowest BCUT2D eigenvalue weighted by Gasteiger charge is -2.42. The van der Waals surface area contributed by atoms with Gasteiger partial charge in [0.25, 0.3) is 5.91 Å². The van der Waals surface area contributed by atoms with Crippen LogP contribution in [0, 0.1) is 23.5 Å². The number of likely N-dealkylation sites (tertiary alicyclic amines) is 1. The van der Waals surface area contributed by atoms with Crippen LogP contribution in [0.15, 0.2) is 54.7 Å². The highest BCUT2D eigenvalue weighted by Gasteiger charge is 2.43. The third kappa shape index (κ3) is 9.78. The molecule has 312 valence electrons. The van der Waals surface area contributed by atoms with E-state index in [0.29, 0.717) is 77.3 Å². The Labute approximate surface area is 341 Å². The number of carbonyl (C=O) groups is 4. The molecule has 3 aromatic rings. The van der Waals surface area contributed by atoms with Gasteiger partial charge < -0.3 is 29.2 Å². The molecule has 4 fully saturated rings. The van der Waals surface area contributed by atoms with Gasteiger partial charge in [0.1, 0.15) is 23.6 Å². The normalized spacial score (nSPS) is 23.4. The number of nitrogens with zero attached hydrogens (tertiary/aromatic N) is 5. The molecule has 7 rings (SSSR count). The Kier molecular flexibility index (Phi) is 13.9. The van der Waals surface area contributed by atoms with Gasteiger partial charge in [-0.15, -0.1) is 0 Å². The number of unbranched alkanes of at least 4 members (excludes halogenated alkanes) is 2. The summed E-state index contributed by atoms with van der Waals surface area (Å²) in [5.41, 5.74) is 1.11. The molecule has 2 aromatic carbocycles. The van der Waals surface area contributed by atoms with Crippen LogP contribution in [0.3, 0.4) is 0 Å². The first-order chi connectivity index (χ1) is 28.1. The predicted molar refractivity (Wildman–Crippen MR) is 211 cm³/mol. The van der Waals surface area contributed by atoms with E-state index in [-0.39, 0.29) is 74.0 Å². The van der Waals surface area contributed by atoms with Gasteiger partial charge in [-0.2, -0.15) is 12.6 Å². The van der Waals surface area contributed by atoms with Gasteiger partial charge in [-0.3, -0.25) is 24.1 Å². The predicted octanol–water partition coefficient (Wildman–Crippen LogP) is 4.58. The first-order valence-electron chi connectivity index (χ1n) is 20.3. The van der Waals surface area contributed by atoms with Crippen molar-refractivity contribution in [3.8, 4) is 11.3 Å². The minimum absolute atomic E-state index is 0.00889. The Balaban J connectivity index is 1.15. The second-order valence-electron chi connectivity index (χ2n) is 15.7. The SMILES string of the molecule is O=C(CCCCCN1C(=O)CC(S)C1=O)N1CCOC(C(=O)N(CC2CNCC2F)C(c2nc(-c3cc(F)ccc3F)cn2Cc2ccccc2)C2CCOCC2)C1. The number of hydrogen-bond acceptors (Lipinski definition) is 9. The minimum atomic E-state index is -1.21. The summed E-state index contributed by atoms with van der Waals surface area (Å²) in [5.74, 6) is -2.58. The molecule has 4 aliphatic heterocycles. The average Bonchev–Trinajstić information content (AvgIpc) is 3.91. The zero-order chi connectivity index (χ0) is 40.8. The maximum Gasteiger partial charge on any atom is 0.254 e. The fourth-order valence-electron chi connectivity index (χ4n) is 8.50. The van der Waals surface area contributed by atoms with Crippen LogP contribution in [0.4, 0.5) is 13.2 Å². The van der Waals surface area contributed by atoms with Gasteiger partial charge in [0.2, 0.25) is 17.7 Å². The highest BCUT2D eigenvalue weighted by molar-refractivity contribution is 7.81. The number of hydrogen-bond donors (Lipinski definition) is 2. The van der Waals surface area contributed by atoms with E-state index in [9.17, 15) is 18.8 Å². The molecule has 1 N–H and O–H groups in total. The van der Waals surface area contributed by atoms with Crippen molar-refractivity contribution in [1.29, 1.82) is 0 Å². The number of alkyl halides is 1. The molecular formula is C42H51F3N6O6S. The molecule has 5 atom stereocenters. The summed E-state index contributed by atoms with van der Waals surface area (Å²) in [7, 11) is 0. The molecular weight excluding hydrogens is 774 g/mol. The largest absolute Gasteiger partial charge is 0.381 e. The first-order valence-corrected chi connectivity index (χ1v) is 20.8. The van der Waals surface area contributed by atoms with Crippen LogP contribution in [0.1, 0.15) is 62.4 Å². The number of benzene rings is 2. The number of imide groups is 1. The monoisotopic (exact) mass is 824 g/mol. The second kappa shape index (κ2) is 19.2. The number of imidazole rings is 1. The van der Waals surface area contributed by atoms with Gasteiger partial charge in [0, 0.05) is 83.0 Å². The van der Waals surface area contributed by atoms with Crippen LogP contribution < -0.4 is 5.32 Å². The van der Waals surface area contributed by atoms with E-state index in [2.05, 4.69) is 17.9 Å². The number of nitrogens with one attached hydrogen (secondary N) is 1. The third-order valence-electron chi connectivity index (χ3n) is 11.7. The lowest BCUT2D eigenvalue weighted by molar-refractivity contribution is -0.159. The zero-order valence-corrected chi connectivity index (χ0v) is 33.3. The number of halogens is 3. The number of carbonyl (C=O) groups excluding carboxylic acids is 4. The van der Waals surface area contributed by atoms with E-state index in [1.54, 1.807) is 16.0 Å². The van der Waals surface area contributed by atoms with Crippen molar-refractivity contribution < 1.29 is 41.8 Å². The number of rotatable bonds is 15. The molecule has 1 aromatic heterocycles. The topological polar surface area (TPSA) is 126 Å². The van der Waals surface area contributed by atoms with Crippen LogP contribution in [-0.4, -0.2) is 124 Å². The Hall–Kier alpha value is -4.25. The molecule has 5 unspecified atom stereocenters. The molecule has 0 saturated carbocycles. The van der Waals surface area contributed by atoms with Crippen LogP contribution in [0.25, 0.3) is 11.3 Å². The fraction of sp³-hybridized carbons (Fsp3) is 0.548. The summed E-state index contributed by atoms with van der Waals surface area (Å²) in [5, 5.41) is 2.51. The molecule has 0 bridgehead atoms. The number of amides is 4. The van der Waals surface area contributed by atoms with Crippen molar-refractivity contribution in [3.63, 3.8) is 0 Å². The van der Waals surface area contributed by atoms with Gasteiger partial charge in [0.05, 0.1) is 30.1 Å². The van der Waals surface area contributed by atoms with Crippen LogP contribution in [0.2, 0.25) is 0 Å². The molecule has 16 heteroatoms. The van der Waals surface area contributed by atoms with Crippen molar-refractivity contribution >= 4 is 36.3 Å². The average molecular weight is 825 g/mol. The van der Waals surface area contributed by atoms with Crippen molar-refractivity contribution in [2.45, 2.75) is 75.1 Å². The molecule has 4 saturated heterocycles. The smallest absolute Gasteiger partial charge is 0.254 e. The molecule has 5 heterocycles. The van der Waals surface area contributed by atoms with E-state index >= 15 is 13.6 Å². The van der Waals surface area contributed by atoms with Gasteiger partial charge in [-0.05, 0) is 55.4 Å². The summed E-state index contributed by atoms with van der Waals surface area (Å²) in [6, 6.07) is 12.1. The minimum Gasteiger partial charge on any atom is -0.381 e. The van der Waals surface area contributed by atoms with Crippen molar-refractivity contribution in [2.24, 2.45) is 11.8 Å². The maximum absolute atomic E-state index is 15.5. The van der Waals surface area contributed by atoms with Gasteiger partial charge in [0.15, 0.2) is 6.10 Å². The lowest BCUT2D eigenvalue weighted by Crippen LogP contribution is -2.55. The highest BCUT2D eigenvalue weighted by atomic mass is 32.1. The number of thiol groups is 1. The molecule has 4 aliphatic rings. The number of ether oxygens (including phenoxy) is 2. The summed E-state index contributed by atoms with van der Waals surface area (Å²) < 4.78 is 59.1. The van der Waals surface area contributed by atoms with E-state index in [4.69, 9.17) is 14.5 Å². The Bertz CT molecular complexity index is 1930. The summed E-state index contributed by atoms with van der Waals surface area (Å²) in [4.78, 5) is 62.4. The van der Waals surface area contributed by atoms with Crippen LogP contribution in [-0.2, 0) is 35.2 Å². The van der Waals surface area contributed by atoms with E-state index in [1.165, 1.54) is 4.90 Å². The molecule has 0 spiro atoms. The molecule has 0 aliphatic carbocycles. The number of morpholine rings is 1. The third-order valence-corrected chi connectivity index (χ3v) is 12.1. The van der Waals surface area contributed by atoms with Crippen molar-refractivity contribution in [1.82, 2.24) is 29.6 Å². The Morgan fingerprint density at radius 2 is 1.81 bits per heavy atom. The fourth-order valence-corrected chi connectivity index (χ4v) is 8.79. The molecule has 4 amide bonds. The quantitative estimate of drug-likeness (QED) is 0.130.